The first-order chi connectivity index (χ1) is 5.38. The SMILES string of the molecule is COc1ccccc1CNF. The zero-order chi connectivity index (χ0) is 8.10. The monoisotopic (exact) mass is 155 g/mol. The van der Waals surface area contributed by atoms with Crippen LogP contribution in [0.4, 0.5) is 4.48 Å². The summed E-state index contributed by atoms with van der Waals surface area (Å²) in [7, 11) is 1.57. The van der Waals surface area contributed by atoms with Gasteiger partial charge in [-0.25, -0.2) is 0 Å². The summed E-state index contributed by atoms with van der Waals surface area (Å²) in [6.07, 6.45) is 0. The van der Waals surface area contributed by atoms with Gasteiger partial charge in [0.25, 0.3) is 0 Å². The Hall–Kier alpha value is -1.09. The molecular formula is C8H10FNO. The van der Waals surface area contributed by atoms with Gasteiger partial charge in [0.1, 0.15) is 5.75 Å². The molecule has 3 heteroatoms. The molecule has 11 heavy (non-hydrogen) atoms. The van der Waals surface area contributed by atoms with E-state index in [-0.39, 0.29) is 6.54 Å². The molecule has 0 amide bonds. The van der Waals surface area contributed by atoms with E-state index in [1.54, 1.807) is 18.7 Å². The van der Waals surface area contributed by atoms with Crippen molar-refractivity contribution in [1.82, 2.24) is 5.54 Å². The van der Waals surface area contributed by atoms with Crippen LogP contribution < -0.4 is 10.3 Å². The van der Waals surface area contributed by atoms with Gasteiger partial charge >= 0.3 is 0 Å². The fourth-order valence-electron chi connectivity index (χ4n) is 0.921. The summed E-state index contributed by atoms with van der Waals surface area (Å²) in [6.45, 7) is 0.185. The van der Waals surface area contributed by atoms with Crippen molar-refractivity contribution in [3.05, 3.63) is 29.8 Å². The van der Waals surface area contributed by atoms with Gasteiger partial charge in [-0.05, 0) is 6.07 Å². The van der Waals surface area contributed by atoms with E-state index < -0.39 is 0 Å². The summed E-state index contributed by atoms with van der Waals surface area (Å²) in [4.78, 5) is 0. The fourth-order valence-corrected chi connectivity index (χ4v) is 0.921. The number of benzene rings is 1. The molecule has 0 spiro atoms. The molecule has 0 saturated carbocycles. The Kier molecular flexibility index (Phi) is 2.86. The van der Waals surface area contributed by atoms with E-state index in [0.29, 0.717) is 5.75 Å². The topological polar surface area (TPSA) is 21.3 Å². The molecule has 0 saturated heterocycles. The lowest BCUT2D eigenvalue weighted by atomic mass is 10.2. The lowest BCUT2D eigenvalue weighted by molar-refractivity contribution is 0.323. The van der Waals surface area contributed by atoms with Crippen molar-refractivity contribution >= 4 is 0 Å². The Morgan fingerprint density at radius 3 is 2.82 bits per heavy atom. The van der Waals surface area contributed by atoms with E-state index in [0.717, 1.165) is 5.56 Å². The second kappa shape index (κ2) is 3.93. The van der Waals surface area contributed by atoms with Gasteiger partial charge in [0.2, 0.25) is 0 Å². The van der Waals surface area contributed by atoms with Crippen molar-refractivity contribution in [2.45, 2.75) is 6.54 Å². The number of ether oxygens (including phenoxy) is 1. The van der Waals surface area contributed by atoms with Gasteiger partial charge in [0.05, 0.1) is 13.7 Å². The largest absolute Gasteiger partial charge is 0.496 e. The predicted octanol–water partition coefficient (Wildman–Crippen LogP) is 1.67. The minimum absolute atomic E-state index is 0.185. The predicted molar refractivity (Wildman–Crippen MR) is 40.9 cm³/mol. The molecule has 0 aliphatic carbocycles. The van der Waals surface area contributed by atoms with Crippen molar-refractivity contribution < 1.29 is 9.22 Å². The van der Waals surface area contributed by atoms with Gasteiger partial charge in [-0.2, -0.15) is 5.54 Å². The van der Waals surface area contributed by atoms with E-state index >= 15 is 0 Å². The van der Waals surface area contributed by atoms with E-state index in [2.05, 4.69) is 0 Å². The Balaban J connectivity index is 2.83. The molecule has 1 aromatic carbocycles. The standard InChI is InChI=1S/C8H10FNO/c1-11-8-5-3-2-4-7(8)6-10-9/h2-5,10H,6H2,1H3. The third kappa shape index (κ3) is 1.91. The number of hydrogen-bond donors (Lipinski definition) is 1. The number of methoxy groups -OCH3 is 1. The van der Waals surface area contributed by atoms with Crippen molar-refractivity contribution in [2.24, 2.45) is 0 Å². The fraction of sp³-hybridized carbons (Fsp3) is 0.250. The summed E-state index contributed by atoms with van der Waals surface area (Å²) >= 11 is 0. The number of nitrogens with one attached hydrogen (secondary N) is 1. The van der Waals surface area contributed by atoms with Crippen LogP contribution in [-0.4, -0.2) is 7.11 Å². The molecule has 60 valence electrons. The number of halogens is 1. The molecule has 1 aromatic rings. The summed E-state index contributed by atoms with van der Waals surface area (Å²) in [5, 5.41) is 0. The highest BCUT2D eigenvalue weighted by Gasteiger charge is 1.98. The summed E-state index contributed by atoms with van der Waals surface area (Å²) in [6, 6.07) is 7.30. The lowest BCUT2D eigenvalue weighted by Gasteiger charge is -2.04. The molecule has 0 aliphatic heterocycles. The first kappa shape index (κ1) is 8.01. The maximum absolute atomic E-state index is 11.7. The molecule has 0 aliphatic rings. The van der Waals surface area contributed by atoms with Crippen molar-refractivity contribution in [2.75, 3.05) is 7.11 Å². The normalized spacial score (nSPS) is 9.64. The first-order valence-corrected chi connectivity index (χ1v) is 3.34. The lowest BCUT2D eigenvalue weighted by Crippen LogP contribution is -2.01. The summed E-state index contributed by atoms with van der Waals surface area (Å²) < 4.78 is 16.7. The minimum atomic E-state index is 0.185. The molecule has 0 bridgehead atoms. The molecule has 0 atom stereocenters. The number of hydrogen-bond acceptors (Lipinski definition) is 2. The van der Waals surface area contributed by atoms with Crippen LogP contribution in [0.3, 0.4) is 0 Å². The second-order valence-corrected chi connectivity index (χ2v) is 2.12. The Bertz CT molecular complexity index is 227. The van der Waals surface area contributed by atoms with E-state index in [4.69, 9.17) is 4.74 Å². The molecule has 2 nitrogen and oxygen atoms in total. The zero-order valence-electron chi connectivity index (χ0n) is 6.30. The van der Waals surface area contributed by atoms with Crippen LogP contribution in [0.15, 0.2) is 24.3 Å². The van der Waals surface area contributed by atoms with Gasteiger partial charge < -0.3 is 4.74 Å². The van der Waals surface area contributed by atoms with Crippen LogP contribution in [0.25, 0.3) is 0 Å². The van der Waals surface area contributed by atoms with Crippen LogP contribution >= 0.6 is 0 Å². The number of para-hydroxylation sites is 1. The third-order valence-electron chi connectivity index (χ3n) is 1.45. The Labute approximate surface area is 64.9 Å². The molecular weight excluding hydrogens is 145 g/mol. The van der Waals surface area contributed by atoms with Gasteiger partial charge in [-0.3, -0.25) is 0 Å². The molecule has 0 unspecified atom stereocenters. The molecule has 0 fully saturated rings. The molecule has 1 rings (SSSR count). The van der Waals surface area contributed by atoms with Gasteiger partial charge in [-0.15, -0.1) is 4.48 Å². The summed E-state index contributed by atoms with van der Waals surface area (Å²) in [5.74, 6) is 0.706. The van der Waals surface area contributed by atoms with Gasteiger partial charge in [0.15, 0.2) is 0 Å². The minimum Gasteiger partial charge on any atom is -0.496 e. The van der Waals surface area contributed by atoms with Crippen LogP contribution in [-0.2, 0) is 6.54 Å². The summed E-state index contributed by atoms with van der Waals surface area (Å²) in [5.41, 5.74) is 2.40. The molecule has 0 aromatic heterocycles. The van der Waals surface area contributed by atoms with Crippen molar-refractivity contribution in [1.29, 1.82) is 0 Å². The van der Waals surface area contributed by atoms with Crippen LogP contribution in [0.2, 0.25) is 0 Å². The van der Waals surface area contributed by atoms with Crippen LogP contribution in [0.5, 0.6) is 5.75 Å². The van der Waals surface area contributed by atoms with Crippen molar-refractivity contribution in [3.63, 3.8) is 0 Å². The number of rotatable bonds is 3. The zero-order valence-corrected chi connectivity index (χ0v) is 6.30. The first-order valence-electron chi connectivity index (χ1n) is 3.34. The molecule has 0 radical (unpaired) electrons. The highest BCUT2D eigenvalue weighted by atomic mass is 19.2. The Morgan fingerprint density at radius 2 is 2.18 bits per heavy atom. The second-order valence-electron chi connectivity index (χ2n) is 2.12. The van der Waals surface area contributed by atoms with E-state index in [9.17, 15) is 4.48 Å². The average molecular weight is 155 g/mol. The van der Waals surface area contributed by atoms with E-state index in [1.165, 1.54) is 0 Å². The quantitative estimate of drug-likeness (QED) is 0.670. The maximum atomic E-state index is 11.7. The van der Waals surface area contributed by atoms with E-state index in [1.807, 2.05) is 18.2 Å². The smallest absolute Gasteiger partial charge is 0.123 e. The van der Waals surface area contributed by atoms with Gasteiger partial charge in [-0.1, -0.05) is 18.2 Å². The molecule has 0 heterocycles. The van der Waals surface area contributed by atoms with Crippen LogP contribution in [0, 0.1) is 0 Å². The maximum Gasteiger partial charge on any atom is 0.123 e. The highest BCUT2D eigenvalue weighted by Crippen LogP contribution is 2.16. The van der Waals surface area contributed by atoms with Crippen molar-refractivity contribution in [3.8, 4) is 5.75 Å². The highest BCUT2D eigenvalue weighted by molar-refractivity contribution is 5.32. The average Bonchev–Trinajstić information content (AvgIpc) is 2.06. The van der Waals surface area contributed by atoms with Crippen LogP contribution in [0.1, 0.15) is 5.56 Å². The third-order valence-corrected chi connectivity index (χ3v) is 1.45. The molecule has 1 N–H and O–H groups in total. The van der Waals surface area contributed by atoms with Gasteiger partial charge in [0, 0.05) is 5.56 Å². The Morgan fingerprint density at radius 1 is 1.45 bits per heavy atom.